The fraction of sp³-hybridized carbons (Fsp3) is 0.381. The van der Waals surface area contributed by atoms with Crippen LogP contribution in [0, 0.1) is 6.92 Å². The van der Waals surface area contributed by atoms with E-state index in [0.717, 1.165) is 10.6 Å². The molecule has 2 aromatic rings. The summed E-state index contributed by atoms with van der Waals surface area (Å²) in [6, 6.07) is 11.0. The molecule has 1 unspecified atom stereocenters. The number of carbonyl (C=O) groups excluding carboxylic acids is 1. The van der Waals surface area contributed by atoms with Crippen LogP contribution in [0.2, 0.25) is 5.02 Å². The molecular formula is C21H27ClN2O4S. The number of ether oxygens (including phenoxy) is 1. The SMILES string of the molecule is CCC(C(=O)Nc1cccc(OC(C)C)c1)N(c1cc(Cl)ccc1C)S(C)(=O)=O. The first-order valence-electron chi connectivity index (χ1n) is 9.36. The van der Waals surface area contributed by atoms with Gasteiger partial charge in [-0.15, -0.1) is 0 Å². The van der Waals surface area contributed by atoms with Gasteiger partial charge in [0.15, 0.2) is 0 Å². The standard InChI is InChI=1S/C21H27ClN2O4S/c1-6-19(21(25)23-17-8-7-9-18(13-17)28-14(2)3)24(29(5,26)27)20-12-16(22)11-10-15(20)4/h7-14,19H,6H2,1-5H3,(H,23,25). The van der Waals surface area contributed by atoms with Gasteiger partial charge in [0.1, 0.15) is 11.8 Å². The zero-order valence-electron chi connectivity index (χ0n) is 17.3. The van der Waals surface area contributed by atoms with Crippen molar-refractivity contribution in [1.29, 1.82) is 0 Å². The minimum Gasteiger partial charge on any atom is -0.491 e. The zero-order valence-corrected chi connectivity index (χ0v) is 18.8. The summed E-state index contributed by atoms with van der Waals surface area (Å²) in [6.07, 6.45) is 1.36. The Labute approximate surface area is 177 Å². The van der Waals surface area contributed by atoms with Crippen LogP contribution < -0.4 is 14.4 Å². The predicted octanol–water partition coefficient (Wildman–Crippen LogP) is 4.62. The van der Waals surface area contributed by atoms with E-state index in [1.807, 2.05) is 13.8 Å². The lowest BCUT2D eigenvalue weighted by atomic mass is 10.1. The lowest BCUT2D eigenvalue weighted by molar-refractivity contribution is -0.117. The van der Waals surface area contributed by atoms with E-state index >= 15 is 0 Å². The molecule has 6 nitrogen and oxygen atoms in total. The van der Waals surface area contributed by atoms with Crippen LogP contribution in [0.25, 0.3) is 0 Å². The second-order valence-electron chi connectivity index (χ2n) is 7.10. The topological polar surface area (TPSA) is 75.7 Å². The van der Waals surface area contributed by atoms with Gasteiger partial charge in [-0.3, -0.25) is 9.10 Å². The molecule has 0 heterocycles. The summed E-state index contributed by atoms with van der Waals surface area (Å²) in [5.74, 6) is 0.190. The van der Waals surface area contributed by atoms with Crippen molar-refractivity contribution in [2.24, 2.45) is 0 Å². The highest BCUT2D eigenvalue weighted by Crippen LogP contribution is 2.30. The number of rotatable bonds is 8. The molecule has 29 heavy (non-hydrogen) atoms. The molecule has 1 N–H and O–H groups in total. The van der Waals surface area contributed by atoms with Crippen LogP contribution in [-0.2, 0) is 14.8 Å². The van der Waals surface area contributed by atoms with Crippen molar-refractivity contribution in [2.45, 2.75) is 46.3 Å². The van der Waals surface area contributed by atoms with Gasteiger partial charge in [-0.2, -0.15) is 0 Å². The highest BCUT2D eigenvalue weighted by atomic mass is 35.5. The second-order valence-corrected chi connectivity index (χ2v) is 9.39. The van der Waals surface area contributed by atoms with E-state index in [9.17, 15) is 13.2 Å². The van der Waals surface area contributed by atoms with Crippen molar-refractivity contribution >= 4 is 38.9 Å². The molecule has 2 aromatic carbocycles. The van der Waals surface area contributed by atoms with Crippen LogP contribution in [0.1, 0.15) is 32.8 Å². The van der Waals surface area contributed by atoms with E-state index in [0.29, 0.717) is 27.7 Å². The molecule has 0 aliphatic heterocycles. The van der Waals surface area contributed by atoms with E-state index in [-0.39, 0.29) is 12.5 Å². The van der Waals surface area contributed by atoms with Crippen molar-refractivity contribution in [3.05, 3.63) is 53.1 Å². The van der Waals surface area contributed by atoms with Crippen LogP contribution in [-0.4, -0.2) is 32.7 Å². The quantitative estimate of drug-likeness (QED) is 0.652. The molecule has 8 heteroatoms. The number of sulfonamides is 1. The summed E-state index contributed by atoms with van der Waals surface area (Å²) in [6.45, 7) is 7.37. The Kier molecular flexibility index (Phi) is 7.54. The normalized spacial score (nSPS) is 12.5. The first-order valence-corrected chi connectivity index (χ1v) is 11.6. The van der Waals surface area contributed by atoms with Crippen LogP contribution in [0.15, 0.2) is 42.5 Å². The summed E-state index contributed by atoms with van der Waals surface area (Å²) in [5.41, 5.74) is 1.63. The number of benzene rings is 2. The molecule has 0 fully saturated rings. The van der Waals surface area contributed by atoms with Gasteiger partial charge in [-0.05, 0) is 57.0 Å². The fourth-order valence-electron chi connectivity index (χ4n) is 3.00. The first kappa shape index (κ1) is 23.0. The van der Waals surface area contributed by atoms with Gasteiger partial charge < -0.3 is 10.1 Å². The smallest absolute Gasteiger partial charge is 0.248 e. The Bertz CT molecular complexity index is 976. The number of nitrogens with zero attached hydrogens (tertiary/aromatic N) is 1. The molecule has 0 spiro atoms. The predicted molar refractivity (Wildman–Crippen MR) is 118 cm³/mol. The molecule has 2 rings (SSSR count). The first-order chi connectivity index (χ1) is 13.5. The van der Waals surface area contributed by atoms with Crippen molar-refractivity contribution < 1.29 is 17.9 Å². The Hall–Kier alpha value is -2.25. The Morgan fingerprint density at radius 1 is 1.21 bits per heavy atom. The van der Waals surface area contributed by atoms with E-state index in [1.54, 1.807) is 56.3 Å². The average molecular weight is 439 g/mol. The van der Waals surface area contributed by atoms with Crippen molar-refractivity contribution in [1.82, 2.24) is 0 Å². The van der Waals surface area contributed by atoms with E-state index < -0.39 is 22.0 Å². The molecular weight excluding hydrogens is 412 g/mol. The van der Waals surface area contributed by atoms with Crippen LogP contribution in [0.4, 0.5) is 11.4 Å². The summed E-state index contributed by atoms with van der Waals surface area (Å²) >= 11 is 6.09. The molecule has 1 atom stereocenters. The fourth-order valence-corrected chi connectivity index (χ4v) is 4.43. The number of hydrogen-bond donors (Lipinski definition) is 1. The number of hydrogen-bond acceptors (Lipinski definition) is 4. The van der Waals surface area contributed by atoms with Crippen molar-refractivity contribution in [2.75, 3.05) is 15.9 Å². The minimum atomic E-state index is -3.74. The Morgan fingerprint density at radius 3 is 2.48 bits per heavy atom. The van der Waals surface area contributed by atoms with E-state index in [4.69, 9.17) is 16.3 Å². The highest BCUT2D eigenvalue weighted by Gasteiger charge is 2.32. The number of aryl methyl sites for hydroxylation is 1. The van der Waals surface area contributed by atoms with Gasteiger partial charge in [-0.25, -0.2) is 8.42 Å². The Balaban J connectivity index is 2.38. The van der Waals surface area contributed by atoms with E-state index in [2.05, 4.69) is 5.32 Å². The molecule has 0 aliphatic carbocycles. The van der Waals surface area contributed by atoms with E-state index in [1.165, 1.54) is 0 Å². The third-order valence-electron chi connectivity index (χ3n) is 4.21. The zero-order chi connectivity index (χ0) is 21.8. The highest BCUT2D eigenvalue weighted by molar-refractivity contribution is 7.92. The molecule has 0 saturated carbocycles. The van der Waals surface area contributed by atoms with Gasteiger partial charge in [0.2, 0.25) is 15.9 Å². The van der Waals surface area contributed by atoms with Gasteiger partial charge in [0.05, 0.1) is 18.0 Å². The third kappa shape index (κ3) is 6.11. The monoisotopic (exact) mass is 438 g/mol. The van der Waals surface area contributed by atoms with Gasteiger partial charge in [0.25, 0.3) is 0 Å². The summed E-state index contributed by atoms with van der Waals surface area (Å²) in [7, 11) is -3.74. The number of anilines is 2. The summed E-state index contributed by atoms with van der Waals surface area (Å²) in [4.78, 5) is 13.0. The van der Waals surface area contributed by atoms with Crippen LogP contribution >= 0.6 is 11.6 Å². The molecule has 0 aliphatic rings. The lowest BCUT2D eigenvalue weighted by Gasteiger charge is -2.31. The molecule has 0 saturated heterocycles. The number of halogens is 1. The number of carbonyl (C=O) groups is 1. The summed E-state index contributed by atoms with van der Waals surface area (Å²) in [5, 5.41) is 3.20. The minimum absolute atomic E-state index is 0.00382. The maximum absolute atomic E-state index is 13.0. The van der Waals surface area contributed by atoms with Crippen LogP contribution in [0.5, 0.6) is 5.75 Å². The van der Waals surface area contributed by atoms with Crippen LogP contribution in [0.3, 0.4) is 0 Å². The molecule has 0 aromatic heterocycles. The van der Waals surface area contributed by atoms with Gasteiger partial charge in [-0.1, -0.05) is 30.7 Å². The Morgan fingerprint density at radius 2 is 1.90 bits per heavy atom. The average Bonchev–Trinajstić information content (AvgIpc) is 2.60. The van der Waals surface area contributed by atoms with Crippen molar-refractivity contribution in [3.63, 3.8) is 0 Å². The largest absolute Gasteiger partial charge is 0.491 e. The number of amides is 1. The molecule has 0 radical (unpaired) electrons. The lowest BCUT2D eigenvalue weighted by Crippen LogP contribution is -2.47. The number of nitrogens with one attached hydrogen (secondary N) is 1. The molecule has 1 amide bonds. The third-order valence-corrected chi connectivity index (χ3v) is 5.61. The van der Waals surface area contributed by atoms with Crippen molar-refractivity contribution in [3.8, 4) is 5.75 Å². The maximum atomic E-state index is 13.0. The second kappa shape index (κ2) is 9.50. The summed E-state index contributed by atoms with van der Waals surface area (Å²) < 4.78 is 32.0. The van der Waals surface area contributed by atoms with Gasteiger partial charge in [0, 0.05) is 16.8 Å². The molecule has 0 bridgehead atoms. The maximum Gasteiger partial charge on any atom is 0.248 e. The van der Waals surface area contributed by atoms with Gasteiger partial charge >= 0.3 is 0 Å². The molecule has 158 valence electrons.